The molecule has 9 heteroatoms. The van der Waals surface area contributed by atoms with Crippen molar-refractivity contribution < 1.29 is 14.4 Å². The number of carbonyl (C=O) groups is 3. The lowest BCUT2D eigenvalue weighted by Crippen LogP contribution is -2.52. The van der Waals surface area contributed by atoms with Crippen LogP contribution in [0.3, 0.4) is 0 Å². The first-order valence-electron chi connectivity index (χ1n) is 15.9. The van der Waals surface area contributed by atoms with E-state index in [1.807, 2.05) is 12.1 Å². The molecule has 0 spiro atoms. The Balaban J connectivity index is 1.52. The van der Waals surface area contributed by atoms with Crippen LogP contribution in [0.4, 0.5) is 0 Å². The number of primary amides is 1. The van der Waals surface area contributed by atoms with Gasteiger partial charge >= 0.3 is 0 Å². The van der Waals surface area contributed by atoms with Crippen molar-refractivity contribution >= 4 is 39.3 Å². The van der Waals surface area contributed by atoms with E-state index < -0.39 is 6.04 Å². The van der Waals surface area contributed by atoms with Gasteiger partial charge in [0, 0.05) is 31.0 Å². The van der Waals surface area contributed by atoms with E-state index in [0.717, 1.165) is 66.8 Å². The maximum Gasteiger partial charge on any atom is 0.245 e. The molecule has 2 aromatic rings. The van der Waals surface area contributed by atoms with Crippen LogP contribution in [0.15, 0.2) is 29.8 Å². The Labute approximate surface area is 254 Å². The topological polar surface area (TPSA) is 117 Å². The summed E-state index contributed by atoms with van der Waals surface area (Å²) in [5.74, 6) is -0.00562. The third-order valence-electron chi connectivity index (χ3n) is 8.80. The minimum Gasteiger partial charge on any atom is -0.366 e. The highest BCUT2D eigenvalue weighted by atomic mass is 32.1. The fourth-order valence-corrected chi connectivity index (χ4v) is 7.24. The number of nitrogens with two attached hydrogens (primary N) is 1. The molecule has 0 unspecified atom stereocenters. The van der Waals surface area contributed by atoms with Crippen LogP contribution in [0.2, 0.25) is 0 Å². The maximum absolute atomic E-state index is 13.8. The summed E-state index contributed by atoms with van der Waals surface area (Å²) in [4.78, 5) is 45.8. The van der Waals surface area contributed by atoms with Gasteiger partial charge in [-0.15, -0.1) is 11.3 Å². The SMILES string of the molecule is CCC(=O)N[C@@H](Cc1nc2ccc(C(C)C)cc2s1)C(=O)N[C@@H](CC=C(CN1CCCCC1)C(N)=O)C1CCCCC1. The summed E-state index contributed by atoms with van der Waals surface area (Å²) in [6.45, 7) is 8.65. The van der Waals surface area contributed by atoms with Crippen LogP contribution in [-0.2, 0) is 20.8 Å². The van der Waals surface area contributed by atoms with Gasteiger partial charge in [0.25, 0.3) is 0 Å². The average molecular weight is 596 g/mol. The number of aromatic nitrogens is 1. The molecule has 1 aromatic carbocycles. The van der Waals surface area contributed by atoms with Gasteiger partial charge in [0.1, 0.15) is 6.04 Å². The van der Waals surface area contributed by atoms with Gasteiger partial charge in [-0.05, 0) is 74.7 Å². The molecule has 2 fully saturated rings. The fraction of sp³-hybridized carbons (Fsp3) is 0.636. The van der Waals surface area contributed by atoms with Gasteiger partial charge in [-0.3, -0.25) is 19.3 Å². The molecule has 0 bridgehead atoms. The van der Waals surface area contributed by atoms with E-state index in [1.54, 1.807) is 18.3 Å². The number of benzene rings is 1. The Morgan fingerprint density at radius 2 is 1.79 bits per heavy atom. The van der Waals surface area contributed by atoms with E-state index in [4.69, 9.17) is 10.7 Å². The Morgan fingerprint density at radius 1 is 1.07 bits per heavy atom. The third kappa shape index (κ3) is 9.11. The highest BCUT2D eigenvalue weighted by Gasteiger charge is 2.29. The lowest BCUT2D eigenvalue weighted by molar-refractivity contribution is -0.129. The molecule has 2 aliphatic rings. The summed E-state index contributed by atoms with van der Waals surface area (Å²) in [5.41, 5.74) is 8.60. The monoisotopic (exact) mass is 595 g/mol. The predicted octanol–water partition coefficient (Wildman–Crippen LogP) is 5.21. The molecule has 2 heterocycles. The van der Waals surface area contributed by atoms with Crippen molar-refractivity contribution in [1.29, 1.82) is 0 Å². The van der Waals surface area contributed by atoms with Crippen molar-refractivity contribution in [1.82, 2.24) is 20.5 Å². The van der Waals surface area contributed by atoms with Crippen molar-refractivity contribution in [3.05, 3.63) is 40.4 Å². The molecule has 2 atom stereocenters. The molecular formula is C33H49N5O3S. The number of hydrogen-bond donors (Lipinski definition) is 3. The number of nitrogens with zero attached hydrogens (tertiary/aromatic N) is 2. The quantitative estimate of drug-likeness (QED) is 0.275. The van der Waals surface area contributed by atoms with E-state index in [9.17, 15) is 14.4 Å². The molecule has 1 aliphatic heterocycles. The summed E-state index contributed by atoms with van der Waals surface area (Å²) in [7, 11) is 0. The molecule has 230 valence electrons. The first-order valence-corrected chi connectivity index (χ1v) is 16.8. The highest BCUT2D eigenvalue weighted by molar-refractivity contribution is 7.18. The molecule has 8 nitrogen and oxygen atoms in total. The van der Waals surface area contributed by atoms with Gasteiger partial charge in [0.2, 0.25) is 17.7 Å². The predicted molar refractivity (Wildman–Crippen MR) is 170 cm³/mol. The van der Waals surface area contributed by atoms with Gasteiger partial charge in [0.15, 0.2) is 0 Å². The van der Waals surface area contributed by atoms with Gasteiger partial charge in [-0.1, -0.05) is 58.6 Å². The smallest absolute Gasteiger partial charge is 0.245 e. The largest absolute Gasteiger partial charge is 0.366 e. The highest BCUT2D eigenvalue weighted by Crippen LogP contribution is 2.29. The third-order valence-corrected chi connectivity index (χ3v) is 9.84. The van der Waals surface area contributed by atoms with E-state index in [1.165, 1.54) is 18.4 Å². The number of nitrogens with one attached hydrogen (secondary N) is 2. The van der Waals surface area contributed by atoms with Crippen molar-refractivity contribution in [2.75, 3.05) is 19.6 Å². The first kappa shape index (κ1) is 32.1. The van der Waals surface area contributed by atoms with Crippen molar-refractivity contribution in [2.24, 2.45) is 11.7 Å². The normalized spacial score (nSPS) is 18.6. The summed E-state index contributed by atoms with van der Waals surface area (Å²) < 4.78 is 1.09. The van der Waals surface area contributed by atoms with Crippen molar-refractivity contribution in [2.45, 2.75) is 109 Å². The number of rotatable bonds is 13. The number of fused-ring (bicyclic) bond motifs is 1. The minimum atomic E-state index is -0.721. The van der Waals surface area contributed by atoms with Gasteiger partial charge in [-0.25, -0.2) is 4.98 Å². The molecule has 3 amide bonds. The number of hydrogen-bond acceptors (Lipinski definition) is 6. The van der Waals surface area contributed by atoms with Crippen LogP contribution in [0, 0.1) is 5.92 Å². The average Bonchev–Trinajstić information content (AvgIpc) is 3.40. The summed E-state index contributed by atoms with van der Waals surface area (Å²) >= 11 is 1.58. The summed E-state index contributed by atoms with van der Waals surface area (Å²) in [6.07, 6.45) is 12.2. The van der Waals surface area contributed by atoms with E-state index in [-0.39, 0.29) is 23.8 Å². The van der Waals surface area contributed by atoms with E-state index in [0.29, 0.717) is 43.2 Å². The summed E-state index contributed by atoms with van der Waals surface area (Å²) in [5, 5.41) is 7.09. The minimum absolute atomic E-state index is 0.126. The van der Waals surface area contributed by atoms with Crippen LogP contribution in [0.1, 0.15) is 101 Å². The molecular weight excluding hydrogens is 546 g/mol. The number of piperidine rings is 1. The molecule has 4 N–H and O–H groups in total. The number of thiazole rings is 1. The molecule has 1 saturated heterocycles. The standard InChI is InChI=1S/C33H49N5O3S/c1-4-30(39)35-28(20-31-36-27-16-13-24(22(2)3)19-29(27)42-31)33(41)37-26(23-11-7-5-8-12-23)15-14-25(32(34)40)21-38-17-9-6-10-18-38/h13-14,16,19,22-23,26,28H,4-12,15,17-18,20-21H2,1-3H3,(H2,34,40)(H,35,39)(H,37,41)/t26-,28-/m0/s1. The fourth-order valence-electron chi connectivity index (χ4n) is 6.18. The molecule has 4 rings (SSSR count). The second-order valence-electron chi connectivity index (χ2n) is 12.3. The zero-order valence-electron chi connectivity index (χ0n) is 25.6. The van der Waals surface area contributed by atoms with Crippen LogP contribution in [0.25, 0.3) is 10.2 Å². The zero-order valence-corrected chi connectivity index (χ0v) is 26.4. The number of carbonyl (C=O) groups excluding carboxylic acids is 3. The van der Waals surface area contributed by atoms with Crippen LogP contribution >= 0.6 is 11.3 Å². The molecule has 1 aromatic heterocycles. The molecule has 1 aliphatic carbocycles. The Kier molecular flexibility index (Phi) is 12.0. The second kappa shape index (κ2) is 15.6. The van der Waals surface area contributed by atoms with Gasteiger partial charge in [-0.2, -0.15) is 0 Å². The lowest BCUT2D eigenvalue weighted by Gasteiger charge is -2.32. The van der Waals surface area contributed by atoms with Crippen LogP contribution in [-0.4, -0.2) is 59.3 Å². The van der Waals surface area contributed by atoms with Gasteiger partial charge < -0.3 is 16.4 Å². The maximum atomic E-state index is 13.8. The van der Waals surface area contributed by atoms with E-state index >= 15 is 0 Å². The Morgan fingerprint density at radius 3 is 2.45 bits per heavy atom. The van der Waals surface area contributed by atoms with Crippen LogP contribution < -0.4 is 16.4 Å². The summed E-state index contributed by atoms with van der Waals surface area (Å²) in [6, 6.07) is 5.47. The first-order chi connectivity index (χ1) is 20.2. The van der Waals surface area contributed by atoms with Gasteiger partial charge in [0.05, 0.1) is 15.2 Å². The van der Waals surface area contributed by atoms with Crippen LogP contribution in [0.5, 0.6) is 0 Å². The second-order valence-corrected chi connectivity index (χ2v) is 13.5. The molecule has 0 radical (unpaired) electrons. The molecule has 1 saturated carbocycles. The number of likely N-dealkylation sites (tertiary alicyclic amines) is 1. The number of amides is 3. The van der Waals surface area contributed by atoms with Crippen molar-refractivity contribution in [3.63, 3.8) is 0 Å². The lowest BCUT2D eigenvalue weighted by atomic mass is 9.82. The molecule has 42 heavy (non-hydrogen) atoms. The van der Waals surface area contributed by atoms with Crippen molar-refractivity contribution in [3.8, 4) is 0 Å². The van der Waals surface area contributed by atoms with E-state index in [2.05, 4.69) is 41.5 Å². The Hall–Kier alpha value is -2.78. The zero-order chi connectivity index (χ0) is 30.1. The Bertz CT molecular complexity index is 1240.